The minimum atomic E-state index is -0.670. The van der Waals surface area contributed by atoms with Crippen molar-refractivity contribution in [3.05, 3.63) is 155 Å². The lowest BCUT2D eigenvalue weighted by Crippen LogP contribution is -2.58. The Kier molecular flexibility index (Phi) is 13.5. The van der Waals surface area contributed by atoms with Gasteiger partial charge in [0.15, 0.2) is 11.5 Å². The van der Waals surface area contributed by atoms with E-state index < -0.39 is 29.0 Å². The number of hydrogen-bond donors (Lipinski definition) is 1. The van der Waals surface area contributed by atoms with Gasteiger partial charge in [-0.15, -0.1) is 11.6 Å². The molecule has 6 atom stereocenters. The van der Waals surface area contributed by atoms with Gasteiger partial charge in [0.1, 0.15) is 22.8 Å². The van der Waals surface area contributed by atoms with Crippen LogP contribution in [0.4, 0.5) is 0 Å². The van der Waals surface area contributed by atoms with Crippen LogP contribution in [0.25, 0.3) is 10.9 Å². The third-order valence-electron chi connectivity index (χ3n) is 13.3. The zero-order valence-electron chi connectivity index (χ0n) is 37.0. The number of carbonyl (C=O) groups excluding carboxylic acids is 2. The number of nitrogens with one attached hydrogen (secondary N) is 1. The van der Waals surface area contributed by atoms with Crippen molar-refractivity contribution in [2.45, 2.75) is 42.4 Å². The molecule has 0 bridgehead atoms. The van der Waals surface area contributed by atoms with Crippen LogP contribution in [0.5, 0.6) is 23.0 Å². The molecule has 334 valence electrons. The normalized spacial score (nSPS) is 21.5. The van der Waals surface area contributed by atoms with Crippen molar-refractivity contribution in [3.8, 4) is 23.0 Å². The first-order valence-electron chi connectivity index (χ1n) is 21.6. The molecule has 1 N–H and O–H groups in total. The summed E-state index contributed by atoms with van der Waals surface area (Å²) >= 11 is 7.12. The summed E-state index contributed by atoms with van der Waals surface area (Å²) in [6, 6.07) is 40.0. The molecule has 0 radical (unpaired) electrons. The van der Waals surface area contributed by atoms with E-state index in [1.807, 2.05) is 66.7 Å². The Morgan fingerprint density at radius 3 is 1.83 bits per heavy atom. The third kappa shape index (κ3) is 8.40. The van der Waals surface area contributed by atoms with Gasteiger partial charge in [0, 0.05) is 42.9 Å². The molecule has 2 fully saturated rings. The monoisotopic (exact) mass is 886 g/mol. The van der Waals surface area contributed by atoms with Gasteiger partial charge in [-0.25, -0.2) is 4.79 Å². The number of carbonyl (C=O) groups is 2. The molecule has 1 saturated heterocycles. The Morgan fingerprint density at radius 2 is 1.31 bits per heavy atom. The van der Waals surface area contributed by atoms with Crippen LogP contribution in [0, 0.1) is 17.8 Å². The maximum Gasteiger partial charge on any atom is 0.338 e. The summed E-state index contributed by atoms with van der Waals surface area (Å²) in [5, 5.41) is 1.21. The molecule has 0 spiro atoms. The van der Waals surface area contributed by atoms with Crippen LogP contribution < -0.4 is 18.9 Å². The summed E-state index contributed by atoms with van der Waals surface area (Å²) in [5.74, 6) is 0.441. The average Bonchev–Trinajstić information content (AvgIpc) is 3.73. The zero-order valence-corrected chi connectivity index (χ0v) is 37.8. The minimum absolute atomic E-state index is 0.0170. The van der Waals surface area contributed by atoms with Crippen molar-refractivity contribution in [3.63, 3.8) is 0 Å². The van der Waals surface area contributed by atoms with Crippen LogP contribution >= 0.6 is 11.6 Å². The number of aromatic nitrogens is 1. The summed E-state index contributed by atoms with van der Waals surface area (Å²) in [4.78, 5) is 32.5. The number of fused-ring (bicyclic) bond motifs is 6. The Bertz CT molecular complexity index is 2430. The number of aromatic amines is 1. The van der Waals surface area contributed by atoms with Gasteiger partial charge in [-0.05, 0) is 77.6 Å². The van der Waals surface area contributed by atoms with Gasteiger partial charge >= 0.3 is 11.9 Å². The lowest BCUT2D eigenvalue weighted by Gasteiger charge is -2.52. The number of piperidine rings is 1. The number of rotatable bonds is 11. The molecule has 11 nitrogen and oxygen atoms in total. The van der Waals surface area contributed by atoms with Crippen LogP contribution in [0.1, 0.15) is 57.2 Å². The molecule has 1 aromatic heterocycles. The first-order chi connectivity index (χ1) is 31.2. The van der Waals surface area contributed by atoms with E-state index in [1.165, 1.54) is 45.1 Å². The van der Waals surface area contributed by atoms with Crippen LogP contribution in [0.3, 0.4) is 0 Å². The second-order valence-corrected chi connectivity index (χ2v) is 17.0. The molecular formula is C52H55ClN2O9. The molecule has 2 aliphatic heterocycles. The largest absolute Gasteiger partial charge is 0.497 e. The fraction of sp³-hybridized carbons (Fsp3) is 0.346. The lowest BCUT2D eigenvalue weighted by molar-refractivity contribution is -0.176. The zero-order chi connectivity index (χ0) is 45.0. The highest BCUT2D eigenvalue weighted by Gasteiger charge is 2.54. The molecule has 3 aliphatic rings. The fourth-order valence-electron chi connectivity index (χ4n) is 10.3. The topological polar surface area (TPSA) is 118 Å². The number of methoxy groups -OCH3 is 6. The van der Waals surface area contributed by atoms with Gasteiger partial charge in [0.2, 0.25) is 5.75 Å². The maximum absolute atomic E-state index is 13.5. The highest BCUT2D eigenvalue weighted by molar-refractivity contribution is 6.28. The number of esters is 2. The number of alkyl halides is 1. The van der Waals surface area contributed by atoms with Crippen LogP contribution in [0.15, 0.2) is 121 Å². The highest BCUT2D eigenvalue weighted by atomic mass is 35.5. The number of hydrogen-bond acceptors (Lipinski definition) is 10. The van der Waals surface area contributed by atoms with E-state index in [0.29, 0.717) is 23.7 Å². The van der Waals surface area contributed by atoms with Crippen LogP contribution in [0.2, 0.25) is 0 Å². The predicted octanol–water partition coefficient (Wildman–Crippen LogP) is 9.39. The van der Waals surface area contributed by atoms with Crippen LogP contribution in [-0.4, -0.2) is 89.8 Å². The van der Waals surface area contributed by atoms with Crippen LogP contribution in [-0.2, 0) is 30.3 Å². The van der Waals surface area contributed by atoms with Gasteiger partial charge in [0.25, 0.3) is 0 Å². The summed E-state index contributed by atoms with van der Waals surface area (Å²) in [7, 11) is 9.10. The van der Waals surface area contributed by atoms with E-state index >= 15 is 0 Å². The van der Waals surface area contributed by atoms with Crippen molar-refractivity contribution in [1.29, 1.82) is 0 Å². The standard InChI is InChI=1S/C33H40N2O9.C19H15Cl/c1-38-19-7-8-20-21-9-10-35-16-18-13-27(44-32(36)17-11-25(39-2)30(41-4)26(12-17)40-3)31(42-5)28(33(37)43-6)22(18)15-24(35)29(21)34-23(20)14-19;20-19(16-10-4-1-5-11-16,17-12-6-2-7-13-17)18-14-8-3-9-15-18/h7-8,11-12,14,18,22,24,27-28,31,34H,9-10,13,15-16H2,1-6H3;1-15H/t18-,22+,24-,27-,28+,31+;/m1./s1. The molecule has 3 heterocycles. The molecule has 12 heteroatoms. The summed E-state index contributed by atoms with van der Waals surface area (Å²) in [6.07, 6.45) is 0.920. The number of nitrogens with zero attached hydrogens (tertiary/aromatic N) is 1. The van der Waals surface area contributed by atoms with Gasteiger partial charge in [-0.2, -0.15) is 0 Å². The molecule has 64 heavy (non-hydrogen) atoms. The van der Waals surface area contributed by atoms with Gasteiger partial charge < -0.3 is 38.1 Å². The number of halogens is 1. The second kappa shape index (κ2) is 19.4. The molecule has 0 amide bonds. The van der Waals surface area contributed by atoms with E-state index in [-0.39, 0.29) is 29.4 Å². The van der Waals surface area contributed by atoms with Crippen molar-refractivity contribution in [2.75, 3.05) is 55.7 Å². The second-order valence-electron chi connectivity index (χ2n) is 16.4. The van der Waals surface area contributed by atoms with Crippen molar-refractivity contribution in [2.24, 2.45) is 17.8 Å². The SMILES string of the molecule is COC(=O)[C@H]1[C@H]2C[C@@H]3c4[nH]c5cc(OC)ccc5c4CCN3C[C@H]2C[C@@H](OC(=O)c2cc(OC)c(OC)c(OC)c2)[C@@H]1OC.ClC(c1ccccc1)(c1ccccc1)c1ccccc1. The summed E-state index contributed by atoms with van der Waals surface area (Å²) in [6.45, 7) is 1.68. The molecule has 5 aromatic carbocycles. The molecule has 1 saturated carbocycles. The molecule has 6 aromatic rings. The molecular weight excluding hydrogens is 832 g/mol. The first-order valence-corrected chi connectivity index (χ1v) is 21.9. The Labute approximate surface area is 379 Å². The first kappa shape index (κ1) is 44.6. The Hall–Kier alpha value is -6.01. The summed E-state index contributed by atoms with van der Waals surface area (Å²) in [5.41, 5.74) is 7.07. The summed E-state index contributed by atoms with van der Waals surface area (Å²) < 4.78 is 39.1. The number of benzene rings is 5. The number of ether oxygens (including phenoxy) is 7. The minimum Gasteiger partial charge on any atom is -0.497 e. The molecule has 9 rings (SSSR count). The van der Waals surface area contributed by atoms with Gasteiger partial charge in [-0.3, -0.25) is 9.69 Å². The van der Waals surface area contributed by atoms with E-state index in [1.54, 1.807) is 26.4 Å². The van der Waals surface area contributed by atoms with Crippen molar-refractivity contribution >= 4 is 34.4 Å². The van der Waals surface area contributed by atoms with Crippen molar-refractivity contribution < 1.29 is 42.7 Å². The maximum atomic E-state index is 13.5. The Balaban J connectivity index is 0.000000233. The third-order valence-corrected chi connectivity index (χ3v) is 13.9. The Morgan fingerprint density at radius 1 is 0.719 bits per heavy atom. The van der Waals surface area contributed by atoms with Gasteiger partial charge in [-0.1, -0.05) is 91.0 Å². The van der Waals surface area contributed by atoms with E-state index in [2.05, 4.69) is 52.3 Å². The van der Waals surface area contributed by atoms with Crippen molar-refractivity contribution in [1.82, 2.24) is 9.88 Å². The molecule has 0 unspecified atom stereocenters. The quantitative estimate of drug-likeness (QED) is 0.0767. The lowest BCUT2D eigenvalue weighted by atomic mass is 9.63. The predicted molar refractivity (Wildman–Crippen MR) is 246 cm³/mol. The smallest absolute Gasteiger partial charge is 0.338 e. The average molecular weight is 887 g/mol. The van der Waals surface area contributed by atoms with E-state index in [4.69, 9.17) is 44.8 Å². The number of H-pyrrole nitrogens is 1. The molecule has 1 aliphatic carbocycles. The van der Waals surface area contributed by atoms with E-state index in [0.717, 1.165) is 53.9 Å². The van der Waals surface area contributed by atoms with E-state index in [9.17, 15) is 9.59 Å². The highest BCUT2D eigenvalue weighted by Crippen LogP contribution is 2.51. The van der Waals surface area contributed by atoms with Gasteiger partial charge in [0.05, 0.1) is 53.1 Å². The fourth-order valence-corrected chi connectivity index (χ4v) is 10.6.